The van der Waals surface area contributed by atoms with E-state index < -0.39 is 10.0 Å². The van der Waals surface area contributed by atoms with Gasteiger partial charge in [-0.1, -0.05) is 0 Å². The Morgan fingerprint density at radius 2 is 1.79 bits per heavy atom. The number of aliphatic imine (C=N–C) groups is 1. The van der Waals surface area contributed by atoms with Crippen LogP contribution in [0.25, 0.3) is 0 Å². The van der Waals surface area contributed by atoms with Crippen LogP contribution in [-0.2, 0) is 14.8 Å². The number of guanidine groups is 1. The summed E-state index contributed by atoms with van der Waals surface area (Å²) >= 11 is 0. The van der Waals surface area contributed by atoms with Crippen molar-refractivity contribution in [2.75, 3.05) is 46.2 Å². The van der Waals surface area contributed by atoms with Crippen molar-refractivity contribution in [3.8, 4) is 0 Å². The standard InChI is InChI=1S/C11H26N4O3S/c1-4-18-10-6-8-14-11(12-2)13-7-5-9-15-19(3,16)17/h15H,4-10H2,1-3H3,(H2,12,13,14). The number of nitrogens with zero attached hydrogens (tertiary/aromatic N) is 1. The molecule has 0 saturated heterocycles. The van der Waals surface area contributed by atoms with Crippen LogP contribution in [-0.4, -0.2) is 60.5 Å². The molecule has 0 heterocycles. The lowest BCUT2D eigenvalue weighted by molar-refractivity contribution is 0.145. The predicted octanol–water partition coefficient (Wildman–Crippen LogP) is -0.483. The van der Waals surface area contributed by atoms with Crippen LogP contribution in [0.3, 0.4) is 0 Å². The van der Waals surface area contributed by atoms with Gasteiger partial charge in [0.15, 0.2) is 5.96 Å². The lowest BCUT2D eigenvalue weighted by atomic mass is 10.4. The van der Waals surface area contributed by atoms with Gasteiger partial charge in [0.05, 0.1) is 6.26 Å². The van der Waals surface area contributed by atoms with E-state index in [1.54, 1.807) is 7.05 Å². The molecule has 114 valence electrons. The molecule has 7 nitrogen and oxygen atoms in total. The summed E-state index contributed by atoms with van der Waals surface area (Å²) in [5.74, 6) is 0.718. The highest BCUT2D eigenvalue weighted by Gasteiger charge is 2.00. The molecule has 0 bridgehead atoms. The Kier molecular flexibility index (Phi) is 10.5. The molecule has 3 N–H and O–H groups in total. The Balaban J connectivity index is 3.55. The fraction of sp³-hybridized carbons (Fsp3) is 0.909. The van der Waals surface area contributed by atoms with E-state index in [2.05, 4.69) is 20.3 Å². The van der Waals surface area contributed by atoms with Crippen LogP contribution in [0.15, 0.2) is 4.99 Å². The molecule has 0 radical (unpaired) electrons. The van der Waals surface area contributed by atoms with Crippen molar-refractivity contribution in [1.29, 1.82) is 0 Å². The van der Waals surface area contributed by atoms with Gasteiger partial charge in [0.2, 0.25) is 10.0 Å². The normalized spacial score (nSPS) is 12.5. The highest BCUT2D eigenvalue weighted by molar-refractivity contribution is 7.88. The zero-order chi connectivity index (χ0) is 14.6. The number of nitrogens with one attached hydrogen (secondary N) is 3. The molecule has 0 aromatic carbocycles. The van der Waals surface area contributed by atoms with Crippen LogP contribution < -0.4 is 15.4 Å². The fourth-order valence-electron chi connectivity index (χ4n) is 1.30. The van der Waals surface area contributed by atoms with Gasteiger partial charge < -0.3 is 15.4 Å². The molecule has 0 rings (SSSR count). The smallest absolute Gasteiger partial charge is 0.208 e. The first-order valence-electron chi connectivity index (χ1n) is 6.46. The van der Waals surface area contributed by atoms with Gasteiger partial charge in [0, 0.05) is 39.9 Å². The zero-order valence-electron chi connectivity index (χ0n) is 12.0. The number of rotatable bonds is 10. The maximum absolute atomic E-state index is 10.8. The van der Waals surface area contributed by atoms with Gasteiger partial charge in [-0.05, 0) is 19.8 Å². The van der Waals surface area contributed by atoms with Crippen molar-refractivity contribution >= 4 is 16.0 Å². The second-order valence-electron chi connectivity index (χ2n) is 4.00. The van der Waals surface area contributed by atoms with Crippen molar-refractivity contribution in [2.45, 2.75) is 19.8 Å². The van der Waals surface area contributed by atoms with Gasteiger partial charge in [0.25, 0.3) is 0 Å². The highest BCUT2D eigenvalue weighted by atomic mass is 32.2. The molecule has 0 amide bonds. The lowest BCUT2D eigenvalue weighted by Gasteiger charge is -2.11. The number of hydrogen-bond donors (Lipinski definition) is 3. The molecular weight excluding hydrogens is 268 g/mol. The average molecular weight is 294 g/mol. The highest BCUT2D eigenvalue weighted by Crippen LogP contribution is 1.82. The van der Waals surface area contributed by atoms with Gasteiger partial charge in [-0.15, -0.1) is 0 Å². The summed E-state index contributed by atoms with van der Waals surface area (Å²) in [6.45, 7) is 5.32. The Hall–Kier alpha value is -0.860. The van der Waals surface area contributed by atoms with Gasteiger partial charge in [0.1, 0.15) is 0 Å². The monoisotopic (exact) mass is 294 g/mol. The summed E-state index contributed by atoms with van der Waals surface area (Å²) in [5, 5.41) is 6.27. The molecule has 19 heavy (non-hydrogen) atoms. The molecular formula is C11H26N4O3S. The number of ether oxygens (including phenoxy) is 1. The summed E-state index contributed by atoms with van der Waals surface area (Å²) in [7, 11) is -1.39. The van der Waals surface area contributed by atoms with Gasteiger partial charge >= 0.3 is 0 Å². The number of sulfonamides is 1. The first-order chi connectivity index (χ1) is 8.99. The minimum absolute atomic E-state index is 0.424. The molecule has 8 heteroatoms. The Morgan fingerprint density at radius 3 is 2.32 bits per heavy atom. The largest absolute Gasteiger partial charge is 0.382 e. The zero-order valence-corrected chi connectivity index (χ0v) is 12.8. The molecule has 0 spiro atoms. The molecule has 0 atom stereocenters. The second-order valence-corrected chi connectivity index (χ2v) is 5.83. The van der Waals surface area contributed by atoms with Crippen LogP contribution in [0, 0.1) is 0 Å². The maximum Gasteiger partial charge on any atom is 0.208 e. The molecule has 0 aliphatic carbocycles. The first kappa shape index (κ1) is 18.1. The molecule has 0 saturated carbocycles. The molecule has 0 fully saturated rings. The van der Waals surface area contributed by atoms with Crippen LogP contribution in [0.2, 0.25) is 0 Å². The van der Waals surface area contributed by atoms with Crippen molar-refractivity contribution in [2.24, 2.45) is 4.99 Å². The Morgan fingerprint density at radius 1 is 1.16 bits per heavy atom. The van der Waals surface area contributed by atoms with Crippen molar-refractivity contribution < 1.29 is 13.2 Å². The summed E-state index contributed by atoms with van der Waals surface area (Å²) < 4.78 is 29.3. The van der Waals surface area contributed by atoms with Gasteiger partial charge in [-0.25, -0.2) is 13.1 Å². The second kappa shape index (κ2) is 11.0. The van der Waals surface area contributed by atoms with E-state index in [0.717, 1.165) is 38.4 Å². The summed E-state index contributed by atoms with van der Waals surface area (Å²) in [5.41, 5.74) is 0. The van der Waals surface area contributed by atoms with E-state index in [9.17, 15) is 8.42 Å². The lowest BCUT2D eigenvalue weighted by Crippen LogP contribution is -2.39. The SMILES string of the molecule is CCOCCCNC(=NC)NCCCNS(C)(=O)=O. The molecule has 0 aromatic rings. The molecule has 0 aromatic heterocycles. The molecule has 0 unspecified atom stereocenters. The quantitative estimate of drug-likeness (QED) is 0.287. The predicted molar refractivity (Wildman–Crippen MR) is 77.9 cm³/mol. The third-order valence-corrected chi connectivity index (χ3v) is 2.92. The molecule has 0 aliphatic rings. The average Bonchev–Trinajstić information content (AvgIpc) is 2.34. The fourth-order valence-corrected chi connectivity index (χ4v) is 1.81. The Bertz CT molecular complexity index is 344. The van der Waals surface area contributed by atoms with Gasteiger partial charge in [-0.3, -0.25) is 4.99 Å². The summed E-state index contributed by atoms with van der Waals surface area (Å²) in [6.07, 6.45) is 2.77. The van der Waals surface area contributed by atoms with E-state index in [1.807, 2.05) is 6.92 Å². The third-order valence-electron chi connectivity index (χ3n) is 2.20. The summed E-state index contributed by atoms with van der Waals surface area (Å²) in [4.78, 5) is 4.07. The van der Waals surface area contributed by atoms with Crippen molar-refractivity contribution in [3.63, 3.8) is 0 Å². The number of hydrogen-bond acceptors (Lipinski definition) is 4. The van der Waals surface area contributed by atoms with Crippen LogP contribution in [0.1, 0.15) is 19.8 Å². The van der Waals surface area contributed by atoms with Crippen molar-refractivity contribution in [3.05, 3.63) is 0 Å². The Labute approximate surface area is 116 Å². The summed E-state index contributed by atoms with van der Waals surface area (Å²) in [6, 6.07) is 0. The maximum atomic E-state index is 10.8. The van der Waals surface area contributed by atoms with Crippen molar-refractivity contribution in [1.82, 2.24) is 15.4 Å². The minimum atomic E-state index is -3.09. The van der Waals surface area contributed by atoms with E-state index in [-0.39, 0.29) is 0 Å². The van der Waals surface area contributed by atoms with E-state index >= 15 is 0 Å². The van der Waals surface area contributed by atoms with Crippen LogP contribution in [0.4, 0.5) is 0 Å². The van der Waals surface area contributed by atoms with E-state index in [0.29, 0.717) is 19.5 Å². The minimum Gasteiger partial charge on any atom is -0.382 e. The van der Waals surface area contributed by atoms with E-state index in [1.165, 1.54) is 0 Å². The first-order valence-corrected chi connectivity index (χ1v) is 8.35. The third kappa shape index (κ3) is 13.4. The topological polar surface area (TPSA) is 91.8 Å². The van der Waals surface area contributed by atoms with Crippen LogP contribution >= 0.6 is 0 Å². The molecule has 0 aliphatic heterocycles. The van der Waals surface area contributed by atoms with Crippen LogP contribution in [0.5, 0.6) is 0 Å². The van der Waals surface area contributed by atoms with Gasteiger partial charge in [-0.2, -0.15) is 0 Å². The van der Waals surface area contributed by atoms with E-state index in [4.69, 9.17) is 4.74 Å².